The third-order valence-corrected chi connectivity index (χ3v) is 6.77. The highest BCUT2D eigenvalue weighted by Crippen LogP contribution is 2.52. The van der Waals surface area contributed by atoms with Crippen LogP contribution >= 0.6 is 35.7 Å². The van der Waals surface area contributed by atoms with Crippen LogP contribution in [0.3, 0.4) is 0 Å². The van der Waals surface area contributed by atoms with E-state index in [1.807, 2.05) is 38.1 Å². The molecule has 0 saturated carbocycles. The number of carbonyl (C=O) groups excluding carboxylic acids is 2. The monoisotopic (exact) mass is 435 g/mol. The summed E-state index contributed by atoms with van der Waals surface area (Å²) in [7, 11) is 1.58. The fourth-order valence-electron chi connectivity index (χ4n) is 3.02. The summed E-state index contributed by atoms with van der Waals surface area (Å²) in [4.78, 5) is 29.5. The number of nitrogens with one attached hydrogen (secondary N) is 1. The van der Waals surface area contributed by atoms with E-state index in [2.05, 4.69) is 10.2 Å². The van der Waals surface area contributed by atoms with Gasteiger partial charge in [-0.2, -0.15) is 0 Å². The van der Waals surface area contributed by atoms with Crippen molar-refractivity contribution in [3.63, 3.8) is 0 Å². The molecule has 2 aliphatic rings. The molecule has 2 aliphatic heterocycles. The van der Waals surface area contributed by atoms with E-state index in [4.69, 9.17) is 17.0 Å². The van der Waals surface area contributed by atoms with Gasteiger partial charge in [0.05, 0.1) is 22.7 Å². The first-order valence-electron chi connectivity index (χ1n) is 8.80. The van der Waals surface area contributed by atoms with Gasteiger partial charge in [-0.1, -0.05) is 35.7 Å². The third kappa shape index (κ3) is 3.78. The number of amides is 2. The van der Waals surface area contributed by atoms with E-state index in [0.717, 1.165) is 15.6 Å². The molecule has 28 heavy (non-hydrogen) atoms. The van der Waals surface area contributed by atoms with E-state index in [-0.39, 0.29) is 11.8 Å². The number of anilines is 2. The molecule has 1 fully saturated rings. The number of likely N-dealkylation sites (N-methyl/N-ethyl adjacent to an activating group) is 1. The Bertz CT molecular complexity index is 911. The van der Waals surface area contributed by atoms with Crippen molar-refractivity contribution >= 4 is 63.3 Å². The Morgan fingerprint density at radius 3 is 2.50 bits per heavy atom. The maximum atomic E-state index is 12.4. The van der Waals surface area contributed by atoms with Gasteiger partial charge in [0, 0.05) is 24.9 Å². The lowest BCUT2D eigenvalue weighted by atomic mass is 10.2. The number of thioether (sulfide) groups is 2. The van der Waals surface area contributed by atoms with Gasteiger partial charge in [-0.15, -0.1) is 0 Å². The predicted octanol–water partition coefficient (Wildman–Crippen LogP) is 4.19. The highest BCUT2D eigenvalue weighted by Gasteiger charge is 2.32. The summed E-state index contributed by atoms with van der Waals surface area (Å²) in [5.41, 5.74) is 1.56. The van der Waals surface area contributed by atoms with Gasteiger partial charge in [0.15, 0.2) is 0 Å². The number of thiocarbonyl (C=S) groups is 1. The second-order valence-electron chi connectivity index (χ2n) is 5.97. The smallest absolute Gasteiger partial charge is 0.266 e. The van der Waals surface area contributed by atoms with E-state index >= 15 is 0 Å². The van der Waals surface area contributed by atoms with Crippen molar-refractivity contribution in [1.82, 2.24) is 4.90 Å². The van der Waals surface area contributed by atoms with Gasteiger partial charge < -0.3 is 15.0 Å². The summed E-state index contributed by atoms with van der Waals surface area (Å²) in [5.74, 6) is 0.394. The van der Waals surface area contributed by atoms with Gasteiger partial charge in [0.1, 0.15) is 15.8 Å². The molecule has 1 aromatic carbocycles. The first-order chi connectivity index (χ1) is 13.4. The number of hydrogen-bond donors (Lipinski definition) is 1. The molecule has 0 radical (unpaired) electrons. The lowest BCUT2D eigenvalue weighted by Gasteiger charge is -2.22. The summed E-state index contributed by atoms with van der Waals surface area (Å²) in [5, 5.41) is 3.86. The molecule has 1 saturated heterocycles. The summed E-state index contributed by atoms with van der Waals surface area (Å²) in [6.45, 7) is 6.70. The Hall–Kier alpha value is -1.97. The molecule has 148 valence electrons. The number of allylic oxidation sites excluding steroid dienone is 2. The predicted molar refractivity (Wildman–Crippen MR) is 120 cm³/mol. The van der Waals surface area contributed by atoms with Crippen molar-refractivity contribution in [3.05, 3.63) is 34.2 Å². The number of hydrogen-bond acceptors (Lipinski definition) is 7. The van der Waals surface area contributed by atoms with E-state index < -0.39 is 0 Å². The van der Waals surface area contributed by atoms with E-state index in [9.17, 15) is 9.59 Å². The van der Waals surface area contributed by atoms with Crippen LogP contribution in [-0.2, 0) is 9.59 Å². The van der Waals surface area contributed by atoms with Crippen molar-refractivity contribution in [3.8, 4) is 5.75 Å². The minimum Gasteiger partial charge on any atom is -0.494 e. The SMILES string of the molecule is CCN1C(=O)/C(=C/C=C2\Sc3ccc(OC)c(NC(C)=O)c3N2CC)SC1=S. The standard InChI is InChI=1S/C19H21N3O3S3/c1-5-21-15(10-9-14-18(24)22(6-2)19(26)28-14)27-13-8-7-12(25-4)16(17(13)21)20-11(3)23/h7-10H,5-6H2,1-4H3,(H,20,23)/b14-9-,15-10-. The van der Waals surface area contributed by atoms with Gasteiger partial charge in [-0.25, -0.2) is 0 Å². The van der Waals surface area contributed by atoms with E-state index in [1.54, 1.807) is 23.8 Å². The molecular formula is C19H21N3O3S3. The molecule has 9 heteroatoms. The van der Waals surface area contributed by atoms with Crippen LogP contribution in [0.4, 0.5) is 11.4 Å². The van der Waals surface area contributed by atoms with Crippen LogP contribution in [0.15, 0.2) is 39.1 Å². The molecule has 1 aromatic rings. The van der Waals surface area contributed by atoms with Crippen LogP contribution in [0, 0.1) is 0 Å². The molecular weight excluding hydrogens is 414 g/mol. The van der Waals surface area contributed by atoms with Crippen molar-refractivity contribution in [2.24, 2.45) is 0 Å². The number of carbonyl (C=O) groups is 2. The van der Waals surface area contributed by atoms with Crippen LogP contribution in [-0.4, -0.2) is 41.2 Å². The lowest BCUT2D eigenvalue weighted by molar-refractivity contribution is -0.122. The highest BCUT2D eigenvalue weighted by atomic mass is 32.2. The first-order valence-corrected chi connectivity index (χ1v) is 10.8. The molecule has 0 aromatic heterocycles. The minimum absolute atomic E-state index is 0.0569. The van der Waals surface area contributed by atoms with Crippen molar-refractivity contribution in [2.75, 3.05) is 30.4 Å². The number of ether oxygens (including phenoxy) is 1. The summed E-state index contributed by atoms with van der Waals surface area (Å²) in [6.07, 6.45) is 3.75. The molecule has 3 rings (SSSR count). The fourth-order valence-corrected chi connectivity index (χ4v) is 5.48. The molecule has 1 N–H and O–H groups in total. The molecule has 2 amide bonds. The molecule has 6 nitrogen and oxygen atoms in total. The topological polar surface area (TPSA) is 61.9 Å². The maximum absolute atomic E-state index is 12.4. The Morgan fingerprint density at radius 1 is 1.21 bits per heavy atom. The maximum Gasteiger partial charge on any atom is 0.266 e. The zero-order chi connectivity index (χ0) is 20.4. The van der Waals surface area contributed by atoms with Crippen LogP contribution in [0.25, 0.3) is 0 Å². The van der Waals surface area contributed by atoms with Crippen LogP contribution in [0.1, 0.15) is 20.8 Å². The summed E-state index contributed by atoms with van der Waals surface area (Å²) >= 11 is 8.18. The normalized spacial score (nSPS) is 19.0. The number of methoxy groups -OCH3 is 1. The third-order valence-electron chi connectivity index (χ3n) is 4.26. The molecule has 0 bridgehead atoms. The second kappa shape index (κ2) is 8.59. The van der Waals surface area contributed by atoms with Gasteiger partial charge in [0.25, 0.3) is 5.91 Å². The molecule has 0 unspecified atom stereocenters. The number of benzene rings is 1. The molecule has 0 atom stereocenters. The fraction of sp³-hybridized carbons (Fsp3) is 0.316. The Labute approximate surface area is 178 Å². The van der Waals surface area contributed by atoms with E-state index in [0.29, 0.717) is 33.8 Å². The highest BCUT2D eigenvalue weighted by molar-refractivity contribution is 8.26. The van der Waals surface area contributed by atoms with Gasteiger partial charge in [-0.3, -0.25) is 14.5 Å². The lowest BCUT2D eigenvalue weighted by Crippen LogP contribution is -2.27. The zero-order valence-electron chi connectivity index (χ0n) is 16.1. The number of nitrogens with zero attached hydrogens (tertiary/aromatic N) is 2. The van der Waals surface area contributed by atoms with Crippen LogP contribution in [0.2, 0.25) is 0 Å². The average Bonchev–Trinajstić information content (AvgIpc) is 3.16. The van der Waals surface area contributed by atoms with Crippen molar-refractivity contribution < 1.29 is 14.3 Å². The Morgan fingerprint density at radius 2 is 1.93 bits per heavy atom. The Kier molecular flexibility index (Phi) is 6.36. The second-order valence-corrected chi connectivity index (χ2v) is 8.71. The minimum atomic E-state index is -0.159. The Balaban J connectivity index is 1.98. The van der Waals surface area contributed by atoms with Gasteiger partial charge >= 0.3 is 0 Å². The average molecular weight is 436 g/mol. The number of rotatable bonds is 5. The first kappa shape index (κ1) is 20.8. The van der Waals surface area contributed by atoms with Crippen molar-refractivity contribution in [1.29, 1.82) is 0 Å². The van der Waals surface area contributed by atoms with Crippen molar-refractivity contribution in [2.45, 2.75) is 25.7 Å². The largest absolute Gasteiger partial charge is 0.494 e. The summed E-state index contributed by atoms with van der Waals surface area (Å²) in [6, 6.07) is 3.82. The van der Waals surface area contributed by atoms with Gasteiger partial charge in [-0.05, 0) is 38.1 Å². The number of fused-ring (bicyclic) bond motifs is 1. The quantitative estimate of drug-likeness (QED) is 0.550. The van der Waals surface area contributed by atoms with Crippen LogP contribution < -0.4 is 15.0 Å². The molecule has 0 spiro atoms. The van der Waals surface area contributed by atoms with Gasteiger partial charge in [0.2, 0.25) is 5.91 Å². The molecule has 2 heterocycles. The molecule has 0 aliphatic carbocycles. The van der Waals surface area contributed by atoms with E-state index in [1.165, 1.54) is 18.7 Å². The zero-order valence-corrected chi connectivity index (χ0v) is 18.5. The summed E-state index contributed by atoms with van der Waals surface area (Å²) < 4.78 is 6.03. The van der Waals surface area contributed by atoms with Crippen LogP contribution in [0.5, 0.6) is 5.75 Å².